The second-order valence-electron chi connectivity index (χ2n) is 7.28. The van der Waals surface area contributed by atoms with E-state index in [9.17, 15) is 13.2 Å². The number of nitrogens with one attached hydrogen (secondary N) is 1. The summed E-state index contributed by atoms with van der Waals surface area (Å²) >= 11 is 0. The monoisotopic (exact) mass is 401 g/mol. The molecule has 2 fully saturated rings. The van der Waals surface area contributed by atoms with Crippen LogP contribution in [0.2, 0.25) is 0 Å². The van der Waals surface area contributed by atoms with Crippen LogP contribution in [0, 0.1) is 0 Å². The fourth-order valence-corrected chi connectivity index (χ4v) is 5.36. The highest BCUT2D eigenvalue weighted by atomic mass is 32.2. The Morgan fingerprint density at radius 1 is 1.11 bits per heavy atom. The average molecular weight is 401 g/mol. The Kier molecular flexibility index (Phi) is 5.18. The Morgan fingerprint density at radius 3 is 2.54 bits per heavy atom. The van der Waals surface area contributed by atoms with Crippen molar-refractivity contribution in [1.82, 2.24) is 9.29 Å². The van der Waals surface area contributed by atoms with Gasteiger partial charge in [-0.05, 0) is 49.9 Å². The Hall–Kier alpha value is -2.29. The molecule has 28 heavy (non-hydrogen) atoms. The summed E-state index contributed by atoms with van der Waals surface area (Å²) in [4.78, 5) is 16.8. The quantitative estimate of drug-likeness (QED) is 0.850. The molecule has 3 heterocycles. The minimum Gasteiger partial charge on any atom is -0.362 e. The SMILES string of the molecule is O=C(Nc1cccnc1)C1CCC2(CCN(S(=O)(=O)c3ccccc3)CC2)O1. The highest BCUT2D eigenvalue weighted by Gasteiger charge is 2.46. The summed E-state index contributed by atoms with van der Waals surface area (Å²) in [5, 5.41) is 2.83. The van der Waals surface area contributed by atoms with Crippen molar-refractivity contribution in [1.29, 1.82) is 0 Å². The van der Waals surface area contributed by atoms with Gasteiger partial charge >= 0.3 is 0 Å². The van der Waals surface area contributed by atoms with Crippen molar-refractivity contribution in [2.75, 3.05) is 18.4 Å². The van der Waals surface area contributed by atoms with Crippen LogP contribution in [0.25, 0.3) is 0 Å². The van der Waals surface area contributed by atoms with Gasteiger partial charge in [0, 0.05) is 19.3 Å². The summed E-state index contributed by atoms with van der Waals surface area (Å²) in [5.41, 5.74) is 0.223. The van der Waals surface area contributed by atoms with Crippen LogP contribution in [0.1, 0.15) is 25.7 Å². The van der Waals surface area contributed by atoms with E-state index >= 15 is 0 Å². The number of carbonyl (C=O) groups is 1. The van der Waals surface area contributed by atoms with Crippen LogP contribution in [-0.4, -0.2) is 48.4 Å². The van der Waals surface area contributed by atoms with E-state index in [0.29, 0.717) is 42.9 Å². The lowest BCUT2D eigenvalue weighted by molar-refractivity contribution is -0.134. The summed E-state index contributed by atoms with van der Waals surface area (Å²) < 4.78 is 33.2. The molecule has 2 aliphatic heterocycles. The maximum absolute atomic E-state index is 12.8. The minimum atomic E-state index is -3.49. The van der Waals surface area contributed by atoms with Crippen LogP contribution in [-0.2, 0) is 19.6 Å². The van der Waals surface area contributed by atoms with E-state index in [4.69, 9.17) is 4.74 Å². The zero-order valence-corrected chi connectivity index (χ0v) is 16.3. The molecule has 1 spiro atoms. The second-order valence-corrected chi connectivity index (χ2v) is 9.21. The molecule has 2 aromatic rings. The lowest BCUT2D eigenvalue weighted by Crippen LogP contribution is -2.47. The highest BCUT2D eigenvalue weighted by Crippen LogP contribution is 2.40. The molecule has 0 aliphatic carbocycles. The number of piperidine rings is 1. The van der Waals surface area contributed by atoms with Gasteiger partial charge in [-0.2, -0.15) is 4.31 Å². The molecule has 1 aromatic heterocycles. The first-order valence-electron chi connectivity index (χ1n) is 9.43. The number of pyridine rings is 1. The van der Waals surface area contributed by atoms with Crippen molar-refractivity contribution in [3.63, 3.8) is 0 Å². The number of amides is 1. The van der Waals surface area contributed by atoms with Gasteiger partial charge in [-0.3, -0.25) is 9.78 Å². The third kappa shape index (κ3) is 3.80. The van der Waals surface area contributed by atoms with Gasteiger partial charge < -0.3 is 10.1 Å². The van der Waals surface area contributed by atoms with E-state index in [2.05, 4.69) is 10.3 Å². The smallest absolute Gasteiger partial charge is 0.253 e. The van der Waals surface area contributed by atoms with Crippen LogP contribution >= 0.6 is 0 Å². The number of ether oxygens (including phenoxy) is 1. The van der Waals surface area contributed by atoms with E-state index in [1.807, 2.05) is 0 Å². The van der Waals surface area contributed by atoms with Crippen molar-refractivity contribution >= 4 is 21.6 Å². The number of hydrogen-bond acceptors (Lipinski definition) is 5. The Balaban J connectivity index is 1.37. The molecule has 1 unspecified atom stereocenters. The third-order valence-corrected chi connectivity index (χ3v) is 7.40. The highest BCUT2D eigenvalue weighted by molar-refractivity contribution is 7.89. The molecule has 0 radical (unpaired) electrons. The number of carbonyl (C=O) groups excluding carboxylic acids is 1. The molecule has 0 bridgehead atoms. The van der Waals surface area contributed by atoms with Gasteiger partial charge in [0.05, 0.1) is 22.4 Å². The molecule has 2 aliphatic rings. The van der Waals surface area contributed by atoms with E-state index < -0.39 is 21.7 Å². The number of aromatic nitrogens is 1. The van der Waals surface area contributed by atoms with Gasteiger partial charge in [0.25, 0.3) is 5.91 Å². The zero-order chi connectivity index (χ0) is 19.6. The number of benzene rings is 1. The lowest BCUT2D eigenvalue weighted by Gasteiger charge is -2.38. The number of hydrogen-bond donors (Lipinski definition) is 1. The molecule has 1 aromatic carbocycles. The van der Waals surface area contributed by atoms with E-state index in [1.165, 1.54) is 4.31 Å². The molecule has 2 saturated heterocycles. The first kappa shape index (κ1) is 19.0. The molecule has 1 amide bonds. The maximum atomic E-state index is 12.8. The van der Waals surface area contributed by atoms with Crippen LogP contribution in [0.4, 0.5) is 5.69 Å². The van der Waals surface area contributed by atoms with Gasteiger partial charge in [-0.1, -0.05) is 18.2 Å². The Morgan fingerprint density at radius 2 is 1.86 bits per heavy atom. The summed E-state index contributed by atoms with van der Waals surface area (Å²) in [6.45, 7) is 0.794. The van der Waals surface area contributed by atoms with Crippen molar-refractivity contribution in [3.05, 3.63) is 54.9 Å². The zero-order valence-electron chi connectivity index (χ0n) is 15.5. The van der Waals surface area contributed by atoms with E-state index in [-0.39, 0.29) is 5.91 Å². The minimum absolute atomic E-state index is 0.177. The molecule has 0 saturated carbocycles. The van der Waals surface area contributed by atoms with Crippen LogP contribution in [0.3, 0.4) is 0 Å². The maximum Gasteiger partial charge on any atom is 0.253 e. The molecule has 4 rings (SSSR count). The predicted octanol–water partition coefficient (Wildman–Crippen LogP) is 2.42. The van der Waals surface area contributed by atoms with E-state index in [0.717, 1.165) is 6.42 Å². The number of sulfonamides is 1. The third-order valence-electron chi connectivity index (χ3n) is 5.49. The average Bonchev–Trinajstić information content (AvgIpc) is 3.13. The number of nitrogens with zero attached hydrogens (tertiary/aromatic N) is 2. The van der Waals surface area contributed by atoms with Crippen molar-refractivity contribution < 1.29 is 17.9 Å². The van der Waals surface area contributed by atoms with Crippen molar-refractivity contribution in [2.24, 2.45) is 0 Å². The van der Waals surface area contributed by atoms with Gasteiger partial charge in [-0.25, -0.2) is 8.42 Å². The molecule has 8 heteroatoms. The molecule has 7 nitrogen and oxygen atoms in total. The van der Waals surface area contributed by atoms with Crippen molar-refractivity contribution in [2.45, 2.75) is 42.3 Å². The summed E-state index contributed by atoms with van der Waals surface area (Å²) in [7, 11) is -3.49. The fraction of sp³-hybridized carbons (Fsp3) is 0.400. The van der Waals surface area contributed by atoms with Gasteiger partial charge in [-0.15, -0.1) is 0 Å². The number of rotatable bonds is 4. The largest absolute Gasteiger partial charge is 0.362 e. The summed E-state index contributed by atoms with van der Waals surface area (Å²) in [5.74, 6) is -0.177. The van der Waals surface area contributed by atoms with Crippen LogP contribution in [0.15, 0.2) is 59.8 Å². The Bertz CT molecular complexity index is 926. The number of anilines is 1. The van der Waals surface area contributed by atoms with Gasteiger partial charge in [0.1, 0.15) is 6.10 Å². The first-order valence-corrected chi connectivity index (χ1v) is 10.9. The van der Waals surface area contributed by atoms with Crippen LogP contribution in [0.5, 0.6) is 0 Å². The lowest BCUT2D eigenvalue weighted by atomic mass is 9.89. The topological polar surface area (TPSA) is 88.6 Å². The molecule has 1 N–H and O–H groups in total. The summed E-state index contributed by atoms with van der Waals surface area (Å²) in [6.07, 6.45) is 5.31. The normalized spacial score (nSPS) is 22.2. The molecule has 1 atom stereocenters. The predicted molar refractivity (Wildman–Crippen MR) is 104 cm³/mol. The molecular weight excluding hydrogens is 378 g/mol. The Labute approximate surface area is 164 Å². The first-order chi connectivity index (χ1) is 13.5. The molecule has 148 valence electrons. The summed E-state index contributed by atoms with van der Waals surface area (Å²) in [6, 6.07) is 12.0. The van der Waals surface area contributed by atoms with Gasteiger partial charge in [0.2, 0.25) is 10.0 Å². The molecular formula is C20H23N3O4S. The van der Waals surface area contributed by atoms with Gasteiger partial charge in [0.15, 0.2) is 0 Å². The second kappa shape index (κ2) is 7.62. The van der Waals surface area contributed by atoms with Crippen molar-refractivity contribution in [3.8, 4) is 0 Å². The fourth-order valence-electron chi connectivity index (χ4n) is 3.90. The van der Waals surface area contributed by atoms with Crippen LogP contribution < -0.4 is 5.32 Å². The van der Waals surface area contributed by atoms with E-state index in [1.54, 1.807) is 54.9 Å². The standard InChI is InChI=1S/C20H23N3O4S/c24-19(22-16-5-4-12-21-15-16)18-8-9-20(27-18)10-13-23(14-11-20)28(25,26)17-6-2-1-3-7-17/h1-7,12,15,18H,8-11,13-14H2,(H,22,24).